The van der Waals surface area contributed by atoms with Crippen LogP contribution in [0.25, 0.3) is 0 Å². The molecule has 1 aromatic rings. The first-order valence-corrected chi connectivity index (χ1v) is 5.68. The van der Waals surface area contributed by atoms with Crippen LogP contribution in [0.1, 0.15) is 6.92 Å². The van der Waals surface area contributed by atoms with Gasteiger partial charge in [0, 0.05) is 13.2 Å². The number of anilines is 1. The Morgan fingerprint density at radius 2 is 2.05 bits per heavy atom. The van der Waals surface area contributed by atoms with E-state index in [2.05, 4.69) is 10.1 Å². The summed E-state index contributed by atoms with van der Waals surface area (Å²) in [5.41, 5.74) is -0.201. The highest BCUT2D eigenvalue weighted by Crippen LogP contribution is 2.23. The Hall–Kier alpha value is -2.48. The average Bonchev–Trinajstić information content (AvgIpc) is 2.39. The van der Waals surface area contributed by atoms with Crippen molar-refractivity contribution < 1.29 is 24.0 Å². The van der Waals surface area contributed by atoms with Gasteiger partial charge in [-0.1, -0.05) is 12.1 Å². The first-order valence-electron chi connectivity index (χ1n) is 5.68. The van der Waals surface area contributed by atoms with E-state index in [1.54, 1.807) is 6.07 Å². The van der Waals surface area contributed by atoms with Crippen molar-refractivity contribution in [3.05, 3.63) is 34.4 Å². The minimum absolute atomic E-state index is 0.0390. The van der Waals surface area contributed by atoms with Crippen molar-refractivity contribution in [3.63, 3.8) is 0 Å². The van der Waals surface area contributed by atoms with Crippen LogP contribution in [0.15, 0.2) is 24.3 Å². The normalized spacial score (nSPS) is 11.5. The van der Waals surface area contributed by atoms with Gasteiger partial charge in [0.1, 0.15) is 12.3 Å². The molecule has 0 heterocycles. The molecule has 0 aliphatic carbocycles. The lowest BCUT2D eigenvalue weighted by molar-refractivity contribution is -0.383. The molecule has 0 aromatic heterocycles. The van der Waals surface area contributed by atoms with Crippen LogP contribution in [-0.2, 0) is 19.1 Å². The zero-order chi connectivity index (χ0) is 15.1. The van der Waals surface area contributed by atoms with Crippen molar-refractivity contribution in [3.8, 4) is 0 Å². The number of hydrogen-bond acceptors (Lipinski definition) is 6. The topological polar surface area (TPSA) is 108 Å². The van der Waals surface area contributed by atoms with E-state index in [0.717, 1.165) is 0 Å². The summed E-state index contributed by atoms with van der Waals surface area (Å²) >= 11 is 0. The number of methoxy groups -OCH3 is 1. The van der Waals surface area contributed by atoms with Crippen molar-refractivity contribution in [2.24, 2.45) is 0 Å². The van der Waals surface area contributed by atoms with E-state index < -0.39 is 22.9 Å². The lowest BCUT2D eigenvalue weighted by Gasteiger charge is -2.13. The molecule has 0 saturated heterocycles. The van der Waals surface area contributed by atoms with E-state index in [9.17, 15) is 19.7 Å². The minimum atomic E-state index is -1.09. The zero-order valence-corrected chi connectivity index (χ0v) is 11.0. The number of nitro groups is 1. The van der Waals surface area contributed by atoms with Crippen LogP contribution in [0, 0.1) is 10.1 Å². The number of nitrogens with one attached hydrogen (secondary N) is 1. The van der Waals surface area contributed by atoms with Crippen molar-refractivity contribution >= 4 is 23.3 Å². The molecule has 0 bridgehead atoms. The number of carbonyl (C=O) groups is 2. The Labute approximate surface area is 114 Å². The van der Waals surface area contributed by atoms with Gasteiger partial charge in [0.05, 0.1) is 4.92 Å². The molecular formula is C12H14N2O6. The highest BCUT2D eigenvalue weighted by atomic mass is 16.6. The molecule has 1 rings (SSSR count). The highest BCUT2D eigenvalue weighted by molar-refractivity contribution is 5.96. The third-order valence-corrected chi connectivity index (χ3v) is 2.30. The van der Waals surface area contributed by atoms with E-state index in [0.29, 0.717) is 0 Å². The number of para-hydroxylation sites is 2. The van der Waals surface area contributed by atoms with E-state index in [1.807, 2.05) is 0 Å². The highest BCUT2D eigenvalue weighted by Gasteiger charge is 2.21. The smallest absolute Gasteiger partial charge is 0.332 e. The number of ether oxygens (including phenoxy) is 2. The number of hydrogen-bond donors (Lipinski definition) is 1. The fourth-order valence-corrected chi connectivity index (χ4v) is 1.38. The van der Waals surface area contributed by atoms with Crippen LogP contribution >= 0.6 is 0 Å². The lowest BCUT2D eigenvalue weighted by Crippen LogP contribution is -2.31. The average molecular weight is 282 g/mol. The number of carbonyl (C=O) groups excluding carboxylic acids is 2. The van der Waals surface area contributed by atoms with Gasteiger partial charge in [-0.15, -0.1) is 0 Å². The summed E-state index contributed by atoms with van der Waals surface area (Å²) in [6.45, 7) is 1.08. The van der Waals surface area contributed by atoms with Gasteiger partial charge in [-0.3, -0.25) is 14.9 Å². The first-order chi connectivity index (χ1) is 9.45. The van der Waals surface area contributed by atoms with Crippen molar-refractivity contribution in [2.75, 3.05) is 19.0 Å². The van der Waals surface area contributed by atoms with Crippen LogP contribution in [0.2, 0.25) is 0 Å². The summed E-state index contributed by atoms with van der Waals surface area (Å²) in [6.07, 6.45) is -1.09. The molecule has 8 heteroatoms. The fourth-order valence-electron chi connectivity index (χ4n) is 1.38. The molecule has 0 saturated carbocycles. The van der Waals surface area contributed by atoms with Gasteiger partial charge in [0.25, 0.3) is 11.6 Å². The van der Waals surface area contributed by atoms with Gasteiger partial charge < -0.3 is 14.8 Å². The molecular weight excluding hydrogens is 268 g/mol. The van der Waals surface area contributed by atoms with Crippen molar-refractivity contribution in [2.45, 2.75) is 13.0 Å². The second-order valence-electron chi connectivity index (χ2n) is 3.83. The summed E-state index contributed by atoms with van der Waals surface area (Å²) in [4.78, 5) is 33.1. The second-order valence-corrected chi connectivity index (χ2v) is 3.83. The molecule has 8 nitrogen and oxygen atoms in total. The molecule has 1 aromatic carbocycles. The van der Waals surface area contributed by atoms with Crippen LogP contribution in [0.4, 0.5) is 11.4 Å². The third-order valence-electron chi connectivity index (χ3n) is 2.30. The lowest BCUT2D eigenvalue weighted by atomic mass is 10.2. The zero-order valence-electron chi connectivity index (χ0n) is 11.0. The van der Waals surface area contributed by atoms with Crippen molar-refractivity contribution in [1.82, 2.24) is 0 Å². The molecule has 108 valence electrons. The van der Waals surface area contributed by atoms with E-state index in [1.165, 1.54) is 32.2 Å². The van der Waals surface area contributed by atoms with Gasteiger partial charge in [-0.25, -0.2) is 4.79 Å². The minimum Gasteiger partial charge on any atom is -0.451 e. The van der Waals surface area contributed by atoms with Crippen molar-refractivity contribution in [1.29, 1.82) is 0 Å². The number of rotatable bonds is 6. The maximum Gasteiger partial charge on any atom is 0.332 e. The van der Waals surface area contributed by atoms with Gasteiger partial charge in [-0.2, -0.15) is 0 Å². The van der Waals surface area contributed by atoms with Gasteiger partial charge in [0.15, 0.2) is 6.10 Å². The van der Waals surface area contributed by atoms with Gasteiger partial charge in [0.2, 0.25) is 0 Å². The molecule has 0 radical (unpaired) electrons. The summed E-state index contributed by atoms with van der Waals surface area (Å²) in [5, 5.41) is 13.1. The molecule has 0 spiro atoms. The largest absolute Gasteiger partial charge is 0.451 e. The third kappa shape index (κ3) is 4.32. The molecule has 0 aliphatic heterocycles. The predicted octanol–water partition coefficient (Wildman–Crippen LogP) is 1.11. The van der Waals surface area contributed by atoms with Gasteiger partial charge >= 0.3 is 5.97 Å². The Bertz CT molecular complexity index is 516. The SMILES string of the molecule is COCC(=O)O[C@@H](C)C(=O)Nc1ccccc1[N+](=O)[O-]. The van der Waals surface area contributed by atoms with Gasteiger partial charge in [-0.05, 0) is 13.0 Å². The van der Waals surface area contributed by atoms with E-state index >= 15 is 0 Å². The summed E-state index contributed by atoms with van der Waals surface area (Å²) in [5.74, 6) is -1.36. The molecule has 0 fully saturated rings. The van der Waals surface area contributed by atoms with Crippen LogP contribution < -0.4 is 5.32 Å². The van der Waals surface area contributed by atoms with Crippen LogP contribution in [0.3, 0.4) is 0 Å². The summed E-state index contributed by atoms with van der Waals surface area (Å²) in [7, 11) is 1.32. The Balaban J connectivity index is 2.71. The predicted molar refractivity (Wildman–Crippen MR) is 69.2 cm³/mol. The molecule has 1 atom stereocenters. The summed E-state index contributed by atoms with van der Waals surface area (Å²) < 4.78 is 9.34. The van der Waals surface area contributed by atoms with E-state index in [-0.39, 0.29) is 18.0 Å². The number of esters is 1. The van der Waals surface area contributed by atoms with Crippen LogP contribution in [0.5, 0.6) is 0 Å². The summed E-state index contributed by atoms with van der Waals surface area (Å²) in [6, 6.07) is 5.68. The molecule has 0 unspecified atom stereocenters. The second kappa shape index (κ2) is 7.19. The standard InChI is InChI=1S/C12H14N2O6/c1-8(20-11(15)7-19-2)12(16)13-9-5-3-4-6-10(9)14(17)18/h3-6,8H,7H2,1-2H3,(H,13,16)/t8-/m0/s1. The quantitative estimate of drug-likeness (QED) is 0.475. The first kappa shape index (κ1) is 15.6. The molecule has 1 N–H and O–H groups in total. The Kier molecular flexibility index (Phi) is 5.60. The van der Waals surface area contributed by atoms with Crippen LogP contribution in [-0.4, -0.2) is 36.6 Å². The monoisotopic (exact) mass is 282 g/mol. The Morgan fingerprint density at radius 1 is 1.40 bits per heavy atom. The maximum atomic E-state index is 11.8. The Morgan fingerprint density at radius 3 is 2.65 bits per heavy atom. The molecule has 1 amide bonds. The number of nitrogens with zero attached hydrogens (tertiary/aromatic N) is 1. The van der Waals surface area contributed by atoms with E-state index in [4.69, 9.17) is 4.74 Å². The molecule has 20 heavy (non-hydrogen) atoms. The number of amides is 1. The molecule has 0 aliphatic rings. The number of nitro benzene ring substituents is 1. The number of benzene rings is 1. The fraction of sp³-hybridized carbons (Fsp3) is 0.333. The maximum absolute atomic E-state index is 11.8.